The lowest BCUT2D eigenvalue weighted by Crippen LogP contribution is -2.44. The van der Waals surface area contributed by atoms with Gasteiger partial charge in [0.25, 0.3) is 0 Å². The fraction of sp³-hybridized carbons (Fsp3) is 0.412. The van der Waals surface area contributed by atoms with E-state index in [2.05, 4.69) is 32.4 Å². The Morgan fingerprint density at radius 2 is 2.12 bits per heavy atom. The first-order valence-electron chi connectivity index (χ1n) is 8.01. The van der Waals surface area contributed by atoms with Crippen LogP contribution in [0.3, 0.4) is 0 Å². The summed E-state index contributed by atoms with van der Waals surface area (Å²) < 4.78 is 14.3. The summed E-state index contributed by atoms with van der Waals surface area (Å²) in [6, 6.07) is 5.28. The maximum atomic E-state index is 14.3. The minimum Gasteiger partial charge on any atom is -0.304 e. The normalized spacial score (nSPS) is 16.8. The van der Waals surface area contributed by atoms with Crippen molar-refractivity contribution in [2.45, 2.75) is 13.5 Å². The average molecular weight is 347 g/mol. The van der Waals surface area contributed by atoms with Gasteiger partial charge in [0.2, 0.25) is 5.13 Å². The third-order valence-corrected chi connectivity index (χ3v) is 4.92. The Morgan fingerprint density at radius 3 is 2.79 bits per heavy atom. The number of aryl methyl sites for hydroxylation is 1. The van der Waals surface area contributed by atoms with Gasteiger partial charge in [-0.3, -0.25) is 10.3 Å². The Kier molecular flexibility index (Phi) is 5.55. The fourth-order valence-electron chi connectivity index (χ4n) is 2.59. The molecule has 1 fully saturated rings. The summed E-state index contributed by atoms with van der Waals surface area (Å²) >= 11 is 1.49. The predicted octanol–water partition coefficient (Wildman–Crippen LogP) is 2.78. The van der Waals surface area contributed by atoms with E-state index in [9.17, 15) is 4.39 Å². The summed E-state index contributed by atoms with van der Waals surface area (Å²) in [4.78, 5) is 8.84. The van der Waals surface area contributed by atoms with E-state index in [-0.39, 0.29) is 5.82 Å². The molecule has 0 radical (unpaired) electrons. The maximum Gasteiger partial charge on any atom is 0.203 e. The molecule has 0 atom stereocenters. The minimum absolute atomic E-state index is 0.178. The number of piperazine rings is 1. The molecule has 1 N–H and O–H groups in total. The van der Waals surface area contributed by atoms with Gasteiger partial charge < -0.3 is 4.90 Å². The number of benzene rings is 1. The topological polar surface area (TPSA) is 43.8 Å². The van der Waals surface area contributed by atoms with Gasteiger partial charge in [-0.1, -0.05) is 12.1 Å². The number of hydrogen-bond donors (Lipinski definition) is 1. The number of rotatable bonds is 5. The number of likely N-dealkylation sites (N-methyl/N-ethyl adjacent to an activating group) is 1. The van der Waals surface area contributed by atoms with Crippen molar-refractivity contribution in [3.63, 3.8) is 0 Å². The second kappa shape index (κ2) is 7.83. The van der Waals surface area contributed by atoms with Gasteiger partial charge >= 0.3 is 0 Å². The van der Waals surface area contributed by atoms with Crippen molar-refractivity contribution in [3.05, 3.63) is 46.2 Å². The van der Waals surface area contributed by atoms with E-state index >= 15 is 0 Å². The molecular formula is C17H22FN5S. The van der Waals surface area contributed by atoms with E-state index in [4.69, 9.17) is 0 Å². The largest absolute Gasteiger partial charge is 0.304 e. The Balaban J connectivity index is 1.57. The summed E-state index contributed by atoms with van der Waals surface area (Å²) in [6.07, 6.45) is 1.61. The van der Waals surface area contributed by atoms with Crippen molar-refractivity contribution < 1.29 is 4.39 Å². The number of halogens is 1. The van der Waals surface area contributed by atoms with Crippen molar-refractivity contribution in [1.82, 2.24) is 14.8 Å². The molecule has 3 rings (SSSR count). The molecule has 1 saturated heterocycles. The second-order valence-electron chi connectivity index (χ2n) is 6.09. The SMILES string of the molecule is Cc1csc(NN=Cc2ccc(CN3CCN(C)CC3)c(F)c2)n1. The first kappa shape index (κ1) is 17.0. The highest BCUT2D eigenvalue weighted by Gasteiger charge is 2.15. The van der Waals surface area contributed by atoms with Crippen molar-refractivity contribution in [2.24, 2.45) is 5.10 Å². The molecule has 0 bridgehead atoms. The van der Waals surface area contributed by atoms with Crippen LogP contribution in [0.15, 0.2) is 28.7 Å². The van der Waals surface area contributed by atoms with Crippen LogP contribution in [0.2, 0.25) is 0 Å². The molecule has 0 amide bonds. The molecule has 1 aliphatic rings. The molecule has 7 heteroatoms. The third-order valence-electron chi connectivity index (χ3n) is 4.06. The van der Waals surface area contributed by atoms with Crippen molar-refractivity contribution in [1.29, 1.82) is 0 Å². The molecule has 1 aromatic heterocycles. The number of anilines is 1. The monoisotopic (exact) mass is 347 g/mol. The summed E-state index contributed by atoms with van der Waals surface area (Å²) in [5.41, 5.74) is 5.28. The van der Waals surface area contributed by atoms with Crippen LogP contribution in [-0.2, 0) is 6.54 Å². The number of hydrazone groups is 1. The van der Waals surface area contributed by atoms with Gasteiger partial charge in [0.1, 0.15) is 5.82 Å². The molecule has 0 aliphatic carbocycles. The van der Waals surface area contributed by atoms with E-state index in [1.165, 1.54) is 17.4 Å². The van der Waals surface area contributed by atoms with Crippen LogP contribution in [0.5, 0.6) is 0 Å². The fourth-order valence-corrected chi connectivity index (χ4v) is 3.22. The molecular weight excluding hydrogens is 325 g/mol. The summed E-state index contributed by atoms with van der Waals surface area (Å²) in [7, 11) is 2.12. The minimum atomic E-state index is -0.178. The van der Waals surface area contributed by atoms with Gasteiger partial charge in [0.15, 0.2) is 0 Å². The van der Waals surface area contributed by atoms with Crippen molar-refractivity contribution >= 4 is 22.7 Å². The standard InChI is InChI=1S/C17H22FN5S/c1-13-12-24-17(20-13)21-19-10-14-3-4-15(16(18)9-14)11-23-7-5-22(2)6-8-23/h3-4,9-10,12H,5-8,11H2,1-2H3,(H,20,21). The molecule has 0 unspecified atom stereocenters. The molecule has 0 saturated carbocycles. The van der Waals surface area contributed by atoms with Crippen LogP contribution in [0.1, 0.15) is 16.8 Å². The van der Waals surface area contributed by atoms with E-state index in [0.29, 0.717) is 6.54 Å². The summed E-state index contributed by atoms with van der Waals surface area (Å²) in [5.74, 6) is -0.178. The smallest absolute Gasteiger partial charge is 0.203 e. The molecule has 2 heterocycles. The summed E-state index contributed by atoms with van der Waals surface area (Å²) in [6.45, 7) is 6.63. The van der Waals surface area contributed by atoms with Crippen LogP contribution < -0.4 is 5.43 Å². The Hall–Kier alpha value is -1.83. The highest BCUT2D eigenvalue weighted by molar-refractivity contribution is 7.13. The molecule has 24 heavy (non-hydrogen) atoms. The molecule has 1 aliphatic heterocycles. The van der Waals surface area contributed by atoms with Gasteiger partial charge in [-0.15, -0.1) is 11.3 Å². The van der Waals surface area contributed by atoms with E-state index in [0.717, 1.165) is 48.1 Å². The van der Waals surface area contributed by atoms with Crippen LogP contribution in [0.4, 0.5) is 9.52 Å². The maximum absolute atomic E-state index is 14.3. The molecule has 1 aromatic carbocycles. The van der Waals surface area contributed by atoms with Crippen LogP contribution in [0.25, 0.3) is 0 Å². The predicted molar refractivity (Wildman–Crippen MR) is 97.2 cm³/mol. The zero-order chi connectivity index (χ0) is 16.9. The van der Waals surface area contributed by atoms with Crippen LogP contribution in [0, 0.1) is 12.7 Å². The number of thiazole rings is 1. The quantitative estimate of drug-likeness (QED) is 0.667. The van der Waals surface area contributed by atoms with Crippen molar-refractivity contribution in [2.75, 3.05) is 38.7 Å². The first-order chi connectivity index (χ1) is 11.6. The summed E-state index contributed by atoms with van der Waals surface area (Å²) in [5, 5.41) is 6.79. The number of hydrogen-bond acceptors (Lipinski definition) is 6. The lowest BCUT2D eigenvalue weighted by atomic mass is 10.1. The van der Waals surface area contributed by atoms with Gasteiger partial charge in [0.05, 0.1) is 11.9 Å². The molecule has 128 valence electrons. The van der Waals surface area contributed by atoms with Crippen molar-refractivity contribution in [3.8, 4) is 0 Å². The highest BCUT2D eigenvalue weighted by atomic mass is 32.1. The Bertz CT molecular complexity index is 707. The van der Waals surface area contributed by atoms with E-state index in [1.807, 2.05) is 24.4 Å². The zero-order valence-corrected chi connectivity index (χ0v) is 14.8. The van der Waals surface area contributed by atoms with Gasteiger partial charge in [-0.2, -0.15) is 5.10 Å². The van der Waals surface area contributed by atoms with Crippen LogP contribution in [-0.4, -0.2) is 54.2 Å². The van der Waals surface area contributed by atoms with Gasteiger partial charge in [0, 0.05) is 43.7 Å². The second-order valence-corrected chi connectivity index (χ2v) is 6.95. The Morgan fingerprint density at radius 1 is 1.33 bits per heavy atom. The van der Waals surface area contributed by atoms with E-state index < -0.39 is 0 Å². The van der Waals surface area contributed by atoms with Gasteiger partial charge in [-0.05, 0) is 25.6 Å². The van der Waals surface area contributed by atoms with Crippen LogP contribution >= 0.6 is 11.3 Å². The zero-order valence-electron chi connectivity index (χ0n) is 14.0. The number of nitrogens with zero attached hydrogens (tertiary/aromatic N) is 4. The van der Waals surface area contributed by atoms with E-state index in [1.54, 1.807) is 6.21 Å². The lowest BCUT2D eigenvalue weighted by Gasteiger charge is -2.32. The average Bonchev–Trinajstić information content (AvgIpc) is 2.97. The Labute approximate surface area is 145 Å². The number of aromatic nitrogens is 1. The highest BCUT2D eigenvalue weighted by Crippen LogP contribution is 2.15. The molecule has 2 aromatic rings. The molecule has 0 spiro atoms. The first-order valence-corrected chi connectivity index (χ1v) is 8.88. The lowest BCUT2D eigenvalue weighted by molar-refractivity contribution is 0.147. The number of nitrogens with one attached hydrogen (secondary N) is 1. The van der Waals surface area contributed by atoms with Gasteiger partial charge in [-0.25, -0.2) is 9.37 Å². The third kappa shape index (κ3) is 4.59. The molecule has 5 nitrogen and oxygen atoms in total.